The molecule has 0 saturated heterocycles. The van der Waals surface area contributed by atoms with E-state index in [0.29, 0.717) is 11.3 Å². The van der Waals surface area contributed by atoms with Gasteiger partial charge in [0.15, 0.2) is 5.78 Å². The summed E-state index contributed by atoms with van der Waals surface area (Å²) in [5.41, 5.74) is 0.616. The highest BCUT2D eigenvalue weighted by Gasteiger charge is 2.08. The first kappa shape index (κ1) is 10.9. The monoisotopic (exact) mass is 208 g/mol. The molecule has 1 unspecified atom stereocenters. The second-order valence-electron chi connectivity index (χ2n) is 2.83. The Hall–Kier alpha value is -1.22. The van der Waals surface area contributed by atoms with Gasteiger partial charge in [-0.25, -0.2) is 0 Å². The second-order valence-corrected chi connectivity index (χ2v) is 4.33. The van der Waals surface area contributed by atoms with Crippen LogP contribution in [0, 0.1) is 0 Å². The van der Waals surface area contributed by atoms with Gasteiger partial charge in [-0.15, -0.1) is 6.58 Å². The molecule has 0 aromatic heterocycles. The van der Waals surface area contributed by atoms with E-state index in [-0.39, 0.29) is 11.5 Å². The van der Waals surface area contributed by atoms with Gasteiger partial charge >= 0.3 is 0 Å². The molecule has 1 atom stereocenters. The fourth-order valence-corrected chi connectivity index (χ4v) is 1.88. The van der Waals surface area contributed by atoms with E-state index in [1.807, 2.05) is 6.07 Å². The Bertz CT molecular complexity index is 344. The summed E-state index contributed by atoms with van der Waals surface area (Å²) in [7, 11) is -1.12. The lowest BCUT2D eigenvalue weighted by molar-refractivity contribution is 0.102. The molecule has 0 spiro atoms. The predicted octanol–water partition coefficient (Wildman–Crippen LogP) is 1.80. The van der Waals surface area contributed by atoms with Crippen LogP contribution in [0.5, 0.6) is 0 Å². The first-order valence-electron chi connectivity index (χ1n) is 4.28. The molecule has 0 bridgehead atoms. The zero-order valence-corrected chi connectivity index (χ0v) is 8.63. The van der Waals surface area contributed by atoms with Gasteiger partial charge in [-0.3, -0.25) is 9.00 Å². The highest BCUT2D eigenvalue weighted by Crippen LogP contribution is 2.01. The standard InChI is InChI=1S/C11H12O2S/c1-2-8-14(13)9-11(12)10-6-4-3-5-7-10/h2-7H,1,8-9H2. The number of benzene rings is 1. The largest absolute Gasteiger partial charge is 0.293 e. The first-order valence-corrected chi connectivity index (χ1v) is 5.77. The molecule has 0 amide bonds. The third-order valence-corrected chi connectivity index (χ3v) is 2.88. The Balaban J connectivity index is 2.59. The van der Waals surface area contributed by atoms with Gasteiger partial charge in [-0.1, -0.05) is 36.4 Å². The van der Waals surface area contributed by atoms with Gasteiger partial charge in [-0.2, -0.15) is 0 Å². The van der Waals surface area contributed by atoms with Crippen molar-refractivity contribution in [2.75, 3.05) is 11.5 Å². The predicted molar refractivity (Wildman–Crippen MR) is 58.8 cm³/mol. The Kier molecular flexibility index (Phi) is 4.26. The van der Waals surface area contributed by atoms with Crippen LogP contribution in [-0.2, 0) is 10.8 Å². The van der Waals surface area contributed by atoms with Crippen LogP contribution in [0.25, 0.3) is 0 Å². The van der Waals surface area contributed by atoms with E-state index in [9.17, 15) is 9.00 Å². The molecule has 0 aliphatic heterocycles. The van der Waals surface area contributed by atoms with E-state index in [0.717, 1.165) is 0 Å². The van der Waals surface area contributed by atoms with Crippen molar-refractivity contribution in [3.8, 4) is 0 Å². The Morgan fingerprint density at radius 2 is 2.00 bits per heavy atom. The minimum absolute atomic E-state index is 0.0780. The number of hydrogen-bond donors (Lipinski definition) is 0. The van der Waals surface area contributed by atoms with Crippen molar-refractivity contribution in [2.45, 2.75) is 0 Å². The maximum atomic E-state index is 11.5. The smallest absolute Gasteiger partial charge is 0.175 e. The van der Waals surface area contributed by atoms with E-state index in [4.69, 9.17) is 0 Å². The molecule has 0 aliphatic carbocycles. The minimum atomic E-state index is -1.12. The SMILES string of the molecule is C=CCS(=O)CC(=O)c1ccccc1. The van der Waals surface area contributed by atoms with Crippen molar-refractivity contribution in [1.29, 1.82) is 0 Å². The summed E-state index contributed by atoms with van der Waals surface area (Å²) in [5.74, 6) is 0.375. The molecule has 0 aliphatic rings. The van der Waals surface area contributed by atoms with Crippen LogP contribution < -0.4 is 0 Å². The number of carbonyl (C=O) groups is 1. The average molecular weight is 208 g/mol. The molecule has 3 heteroatoms. The zero-order chi connectivity index (χ0) is 10.4. The molecule has 14 heavy (non-hydrogen) atoms. The van der Waals surface area contributed by atoms with Crippen molar-refractivity contribution in [3.63, 3.8) is 0 Å². The van der Waals surface area contributed by atoms with Crippen molar-refractivity contribution in [3.05, 3.63) is 48.6 Å². The van der Waals surface area contributed by atoms with Gasteiger partial charge in [-0.05, 0) is 0 Å². The number of Topliss-reactive ketones (excluding diaryl/α,β-unsaturated/α-hetero) is 1. The highest BCUT2D eigenvalue weighted by molar-refractivity contribution is 7.85. The highest BCUT2D eigenvalue weighted by atomic mass is 32.2. The second kappa shape index (κ2) is 5.50. The van der Waals surface area contributed by atoms with Crippen LogP contribution in [0.15, 0.2) is 43.0 Å². The normalized spacial score (nSPS) is 12.0. The molecular weight excluding hydrogens is 196 g/mol. The summed E-state index contributed by atoms with van der Waals surface area (Å²) in [6.45, 7) is 3.48. The molecule has 1 rings (SSSR count). The molecule has 1 aromatic rings. The maximum absolute atomic E-state index is 11.5. The summed E-state index contributed by atoms with van der Waals surface area (Å²) in [4.78, 5) is 11.5. The third-order valence-electron chi connectivity index (χ3n) is 1.69. The molecule has 0 fully saturated rings. The summed E-state index contributed by atoms with van der Waals surface area (Å²) in [6.07, 6.45) is 1.56. The summed E-state index contributed by atoms with van der Waals surface area (Å²) >= 11 is 0. The van der Waals surface area contributed by atoms with Crippen molar-refractivity contribution in [2.24, 2.45) is 0 Å². The van der Waals surface area contributed by atoms with E-state index in [2.05, 4.69) is 6.58 Å². The fraction of sp³-hybridized carbons (Fsp3) is 0.182. The van der Waals surface area contributed by atoms with Crippen LogP contribution in [-0.4, -0.2) is 21.5 Å². The summed E-state index contributed by atoms with van der Waals surface area (Å²) < 4.78 is 11.2. The molecule has 0 N–H and O–H groups in total. The summed E-state index contributed by atoms with van der Waals surface area (Å²) in [6, 6.07) is 8.89. The maximum Gasteiger partial charge on any atom is 0.175 e. The molecule has 0 heterocycles. The summed E-state index contributed by atoms with van der Waals surface area (Å²) in [5, 5.41) is 0. The van der Waals surface area contributed by atoms with Gasteiger partial charge in [0.2, 0.25) is 0 Å². The Morgan fingerprint density at radius 3 is 2.57 bits per heavy atom. The average Bonchev–Trinajstić information content (AvgIpc) is 2.19. The zero-order valence-electron chi connectivity index (χ0n) is 7.81. The lowest BCUT2D eigenvalue weighted by Gasteiger charge is -1.98. The Morgan fingerprint density at radius 1 is 1.36 bits per heavy atom. The van der Waals surface area contributed by atoms with Crippen LogP contribution in [0.1, 0.15) is 10.4 Å². The number of carbonyl (C=O) groups excluding carboxylic acids is 1. The van der Waals surface area contributed by atoms with Gasteiger partial charge in [0.25, 0.3) is 0 Å². The molecule has 2 nitrogen and oxygen atoms in total. The number of rotatable bonds is 5. The molecular formula is C11H12O2S. The van der Waals surface area contributed by atoms with E-state index in [1.54, 1.807) is 30.3 Å². The molecule has 1 aromatic carbocycles. The lowest BCUT2D eigenvalue weighted by Crippen LogP contribution is -2.12. The van der Waals surface area contributed by atoms with Crippen LogP contribution in [0.4, 0.5) is 0 Å². The Labute approximate surface area is 86.1 Å². The van der Waals surface area contributed by atoms with Crippen molar-refractivity contribution in [1.82, 2.24) is 0 Å². The van der Waals surface area contributed by atoms with E-state index in [1.165, 1.54) is 0 Å². The van der Waals surface area contributed by atoms with Gasteiger partial charge < -0.3 is 0 Å². The quantitative estimate of drug-likeness (QED) is 0.546. The van der Waals surface area contributed by atoms with Gasteiger partial charge in [0, 0.05) is 22.1 Å². The lowest BCUT2D eigenvalue weighted by atomic mass is 10.2. The molecule has 0 saturated carbocycles. The minimum Gasteiger partial charge on any atom is -0.293 e. The molecule has 74 valence electrons. The number of hydrogen-bond acceptors (Lipinski definition) is 2. The van der Waals surface area contributed by atoms with Crippen LogP contribution in [0.2, 0.25) is 0 Å². The fourth-order valence-electron chi connectivity index (χ4n) is 1.04. The van der Waals surface area contributed by atoms with Crippen LogP contribution in [0.3, 0.4) is 0 Å². The van der Waals surface area contributed by atoms with Gasteiger partial charge in [0.05, 0.1) is 5.75 Å². The van der Waals surface area contributed by atoms with Crippen molar-refractivity contribution >= 4 is 16.6 Å². The van der Waals surface area contributed by atoms with Crippen LogP contribution >= 0.6 is 0 Å². The topological polar surface area (TPSA) is 34.1 Å². The van der Waals surface area contributed by atoms with E-state index < -0.39 is 10.8 Å². The van der Waals surface area contributed by atoms with Crippen molar-refractivity contribution < 1.29 is 9.00 Å². The van der Waals surface area contributed by atoms with Gasteiger partial charge in [0.1, 0.15) is 0 Å². The van der Waals surface area contributed by atoms with E-state index >= 15 is 0 Å². The number of ketones is 1. The molecule has 0 radical (unpaired) electrons. The third kappa shape index (κ3) is 3.26. The first-order chi connectivity index (χ1) is 6.74.